The lowest BCUT2D eigenvalue weighted by Crippen LogP contribution is -2.50. The smallest absolute Gasteiger partial charge is 0.137 e. The maximum Gasteiger partial charge on any atom is 0.137 e. The second-order valence-electron chi connectivity index (χ2n) is 10.4. The molecule has 0 aliphatic carbocycles. The minimum atomic E-state index is 0.655. The van der Waals surface area contributed by atoms with Crippen molar-refractivity contribution >= 4 is 16.7 Å². The predicted octanol–water partition coefficient (Wildman–Crippen LogP) is 5.41. The van der Waals surface area contributed by atoms with Gasteiger partial charge in [-0.1, -0.05) is 24.3 Å². The van der Waals surface area contributed by atoms with Crippen LogP contribution in [0, 0.1) is 13.8 Å². The fourth-order valence-electron chi connectivity index (χ4n) is 5.73. The highest BCUT2D eigenvalue weighted by molar-refractivity contribution is 5.97. The summed E-state index contributed by atoms with van der Waals surface area (Å²) in [5.41, 5.74) is 13.3. The van der Waals surface area contributed by atoms with Crippen molar-refractivity contribution in [2.75, 3.05) is 44.7 Å². The number of rotatable bonds is 8. The Labute approximate surface area is 235 Å². The van der Waals surface area contributed by atoms with Gasteiger partial charge < -0.3 is 14.6 Å². The Morgan fingerprint density at radius 1 is 0.975 bits per heavy atom. The predicted molar refractivity (Wildman–Crippen MR) is 162 cm³/mol. The van der Waals surface area contributed by atoms with Gasteiger partial charge in [-0.3, -0.25) is 10.1 Å². The molecule has 1 aliphatic heterocycles. The summed E-state index contributed by atoms with van der Waals surface area (Å²) in [7, 11) is 1.99. The van der Waals surface area contributed by atoms with Crippen molar-refractivity contribution in [2.24, 2.45) is 0 Å². The average Bonchev–Trinajstić information content (AvgIpc) is 3.52. The fraction of sp³-hybridized carbons (Fsp3) is 0.312. The molecule has 1 saturated heterocycles. The Kier molecular flexibility index (Phi) is 7.28. The first-order valence-electron chi connectivity index (χ1n) is 14.0. The Hall–Kier alpha value is -4.14. The molecule has 6 rings (SSSR count). The fourth-order valence-corrected chi connectivity index (χ4v) is 5.73. The van der Waals surface area contributed by atoms with E-state index in [1.165, 1.54) is 11.3 Å². The van der Waals surface area contributed by atoms with Gasteiger partial charge in [-0.25, -0.2) is 9.99 Å². The quantitative estimate of drug-likeness (QED) is 0.277. The molecule has 8 heteroatoms. The molecule has 5 aromatic rings. The number of nitrogens with one attached hydrogen (secondary N) is 2. The summed E-state index contributed by atoms with van der Waals surface area (Å²) in [6.45, 7) is 11.7. The standard InChI is InChI=1S/C32H37N7O/c1-5-40-28-8-6-7-24(17-28)21-39-23(3)31(22(2)36-39)30-20-35-32-29(30)18-26(19-34-32)25-9-11-27(12-10-25)37-13-15-38(33-4)16-14-37/h6-12,17-20,33H,5,13-16,21H2,1-4H3,(H,34,35). The highest BCUT2D eigenvalue weighted by atomic mass is 16.5. The van der Waals surface area contributed by atoms with Crippen LogP contribution in [0.15, 0.2) is 67.0 Å². The lowest BCUT2D eigenvalue weighted by atomic mass is 10.0. The number of hydrogen-bond acceptors (Lipinski definition) is 6. The molecule has 0 radical (unpaired) electrons. The van der Waals surface area contributed by atoms with Crippen molar-refractivity contribution in [2.45, 2.75) is 27.3 Å². The number of ether oxygens (including phenoxy) is 1. The normalized spacial score (nSPS) is 14.2. The third kappa shape index (κ3) is 5.08. The Morgan fingerprint density at radius 3 is 2.52 bits per heavy atom. The van der Waals surface area contributed by atoms with Gasteiger partial charge in [0.25, 0.3) is 0 Å². The van der Waals surface area contributed by atoms with E-state index in [0.29, 0.717) is 13.2 Å². The number of anilines is 1. The number of nitrogens with zero attached hydrogens (tertiary/aromatic N) is 5. The van der Waals surface area contributed by atoms with E-state index in [1.807, 2.05) is 32.3 Å². The molecule has 1 aliphatic rings. The molecule has 8 nitrogen and oxygen atoms in total. The van der Waals surface area contributed by atoms with Crippen molar-refractivity contribution < 1.29 is 4.74 Å². The van der Waals surface area contributed by atoms with Crippen molar-refractivity contribution in [1.29, 1.82) is 0 Å². The number of hydrogen-bond donors (Lipinski definition) is 2. The summed E-state index contributed by atoms with van der Waals surface area (Å²) >= 11 is 0. The van der Waals surface area contributed by atoms with E-state index < -0.39 is 0 Å². The number of hydrazine groups is 1. The molecule has 1 fully saturated rings. The van der Waals surface area contributed by atoms with Crippen LogP contribution in [0.4, 0.5) is 5.69 Å². The molecule has 0 amide bonds. The molecule has 2 N–H and O–H groups in total. The molecular formula is C32H37N7O. The van der Waals surface area contributed by atoms with E-state index in [1.54, 1.807) is 0 Å². The molecule has 3 aromatic heterocycles. The number of aryl methyl sites for hydroxylation is 1. The molecular weight excluding hydrogens is 498 g/mol. The molecule has 0 saturated carbocycles. The summed E-state index contributed by atoms with van der Waals surface area (Å²) in [6, 6.07) is 19.4. The van der Waals surface area contributed by atoms with Crippen LogP contribution >= 0.6 is 0 Å². The van der Waals surface area contributed by atoms with E-state index in [4.69, 9.17) is 14.8 Å². The zero-order valence-corrected chi connectivity index (χ0v) is 23.7. The van der Waals surface area contributed by atoms with E-state index in [0.717, 1.165) is 76.6 Å². The van der Waals surface area contributed by atoms with Gasteiger partial charge >= 0.3 is 0 Å². The summed E-state index contributed by atoms with van der Waals surface area (Å²) in [5, 5.41) is 8.28. The van der Waals surface area contributed by atoms with Gasteiger partial charge in [-0.2, -0.15) is 5.10 Å². The third-order valence-electron chi connectivity index (χ3n) is 7.89. The monoisotopic (exact) mass is 535 g/mol. The lowest BCUT2D eigenvalue weighted by Gasteiger charge is -2.35. The van der Waals surface area contributed by atoms with Crippen molar-refractivity contribution in [3.05, 3.63) is 83.9 Å². The zero-order chi connectivity index (χ0) is 27.6. The van der Waals surface area contributed by atoms with Crippen LogP contribution in [-0.2, 0) is 6.54 Å². The molecule has 0 atom stereocenters. The second-order valence-corrected chi connectivity index (χ2v) is 10.4. The van der Waals surface area contributed by atoms with Gasteiger partial charge in [0, 0.05) is 72.0 Å². The molecule has 2 aromatic carbocycles. The highest BCUT2D eigenvalue weighted by Gasteiger charge is 2.19. The zero-order valence-electron chi connectivity index (χ0n) is 23.7. The Balaban J connectivity index is 1.27. The van der Waals surface area contributed by atoms with Crippen LogP contribution < -0.4 is 15.1 Å². The number of aromatic amines is 1. The number of H-pyrrole nitrogens is 1. The minimum absolute atomic E-state index is 0.655. The maximum atomic E-state index is 5.70. The number of fused-ring (bicyclic) bond motifs is 1. The summed E-state index contributed by atoms with van der Waals surface area (Å²) < 4.78 is 7.78. The van der Waals surface area contributed by atoms with Gasteiger partial charge in [0.05, 0.1) is 18.8 Å². The van der Waals surface area contributed by atoms with Gasteiger partial charge in [0.1, 0.15) is 11.4 Å². The van der Waals surface area contributed by atoms with Crippen LogP contribution in [0.1, 0.15) is 23.9 Å². The first kappa shape index (κ1) is 26.1. The third-order valence-corrected chi connectivity index (χ3v) is 7.89. The van der Waals surface area contributed by atoms with Gasteiger partial charge in [0.15, 0.2) is 0 Å². The van der Waals surface area contributed by atoms with E-state index >= 15 is 0 Å². The molecule has 4 heterocycles. The van der Waals surface area contributed by atoms with Crippen LogP contribution in [-0.4, -0.2) is 64.6 Å². The average molecular weight is 536 g/mol. The molecule has 40 heavy (non-hydrogen) atoms. The van der Waals surface area contributed by atoms with Gasteiger partial charge in [-0.05, 0) is 69.3 Å². The number of pyridine rings is 1. The molecule has 0 bridgehead atoms. The van der Waals surface area contributed by atoms with E-state index in [9.17, 15) is 0 Å². The molecule has 0 spiro atoms. The Morgan fingerprint density at radius 2 is 1.77 bits per heavy atom. The molecule has 0 unspecified atom stereocenters. The second kappa shape index (κ2) is 11.2. The minimum Gasteiger partial charge on any atom is -0.494 e. The van der Waals surface area contributed by atoms with Crippen molar-refractivity contribution in [1.82, 2.24) is 30.2 Å². The topological polar surface area (TPSA) is 74.2 Å². The summed E-state index contributed by atoms with van der Waals surface area (Å²) in [6.07, 6.45) is 4.02. The van der Waals surface area contributed by atoms with Crippen LogP contribution in [0.5, 0.6) is 5.75 Å². The summed E-state index contributed by atoms with van der Waals surface area (Å²) in [4.78, 5) is 10.6. The van der Waals surface area contributed by atoms with Gasteiger partial charge in [0.2, 0.25) is 0 Å². The summed E-state index contributed by atoms with van der Waals surface area (Å²) in [5.74, 6) is 0.890. The van der Waals surface area contributed by atoms with Crippen molar-refractivity contribution in [3.63, 3.8) is 0 Å². The van der Waals surface area contributed by atoms with E-state index in [2.05, 4.69) is 87.5 Å². The maximum absolute atomic E-state index is 5.70. The number of benzene rings is 2. The number of piperazine rings is 1. The highest BCUT2D eigenvalue weighted by Crippen LogP contribution is 2.35. The largest absolute Gasteiger partial charge is 0.494 e. The lowest BCUT2D eigenvalue weighted by molar-refractivity contribution is 0.195. The van der Waals surface area contributed by atoms with E-state index in [-0.39, 0.29) is 0 Å². The van der Waals surface area contributed by atoms with Crippen molar-refractivity contribution in [3.8, 4) is 28.0 Å². The molecule has 206 valence electrons. The van der Waals surface area contributed by atoms with Crippen LogP contribution in [0.3, 0.4) is 0 Å². The first-order chi connectivity index (χ1) is 19.5. The van der Waals surface area contributed by atoms with Gasteiger partial charge in [-0.15, -0.1) is 0 Å². The van der Waals surface area contributed by atoms with Crippen LogP contribution in [0.25, 0.3) is 33.3 Å². The first-order valence-corrected chi connectivity index (χ1v) is 14.0. The Bertz CT molecular complexity index is 1610. The number of aromatic nitrogens is 4. The SMILES string of the molecule is CCOc1cccc(Cn2nc(C)c(-c3c[nH]c4ncc(-c5ccc(N6CCN(NC)CC6)cc5)cc34)c2C)c1. The van der Waals surface area contributed by atoms with Crippen LogP contribution in [0.2, 0.25) is 0 Å².